The topological polar surface area (TPSA) is 85.3 Å². The maximum absolute atomic E-state index is 12.0. The number of hydrogen-bond donors (Lipinski definition) is 1. The predicted octanol–water partition coefficient (Wildman–Crippen LogP) is 1.96. The van der Waals surface area contributed by atoms with Crippen LogP contribution in [0.5, 0.6) is 11.5 Å². The van der Waals surface area contributed by atoms with Crippen LogP contribution in [0, 0.1) is 0 Å². The van der Waals surface area contributed by atoms with Gasteiger partial charge in [-0.3, -0.25) is 14.7 Å². The molecule has 1 aliphatic heterocycles. The van der Waals surface area contributed by atoms with Gasteiger partial charge in [0, 0.05) is 32.0 Å². The molecule has 8 heteroatoms. The highest BCUT2D eigenvalue weighted by Gasteiger charge is 2.11. The van der Waals surface area contributed by atoms with Crippen molar-refractivity contribution < 1.29 is 19.0 Å². The van der Waals surface area contributed by atoms with Gasteiger partial charge < -0.3 is 14.2 Å². The molecule has 1 aromatic carbocycles. The summed E-state index contributed by atoms with van der Waals surface area (Å²) < 4.78 is 17.0. The van der Waals surface area contributed by atoms with E-state index in [1.54, 1.807) is 24.5 Å². The first kappa shape index (κ1) is 20.8. The molecule has 2 aromatic rings. The Morgan fingerprint density at radius 2 is 2.14 bits per heavy atom. The van der Waals surface area contributed by atoms with Crippen LogP contribution in [0.4, 0.5) is 0 Å². The number of pyridine rings is 1. The average Bonchev–Trinajstić information content (AvgIpc) is 2.76. The van der Waals surface area contributed by atoms with Gasteiger partial charge in [-0.2, -0.15) is 5.10 Å². The Bertz CT molecular complexity index is 808. The third-order valence-electron chi connectivity index (χ3n) is 4.34. The molecular formula is C21H26N4O4. The molecule has 29 heavy (non-hydrogen) atoms. The van der Waals surface area contributed by atoms with Crippen molar-refractivity contribution in [3.8, 4) is 11.5 Å². The Morgan fingerprint density at radius 3 is 2.90 bits per heavy atom. The van der Waals surface area contributed by atoms with Crippen LogP contribution in [-0.4, -0.2) is 68.1 Å². The lowest BCUT2D eigenvalue weighted by atomic mass is 10.2. The second-order valence-corrected chi connectivity index (χ2v) is 6.38. The van der Waals surface area contributed by atoms with E-state index >= 15 is 0 Å². The highest BCUT2D eigenvalue weighted by atomic mass is 16.5. The van der Waals surface area contributed by atoms with E-state index in [2.05, 4.69) is 20.4 Å². The number of benzene rings is 1. The lowest BCUT2D eigenvalue weighted by Crippen LogP contribution is -2.38. The van der Waals surface area contributed by atoms with Crippen LogP contribution in [0.2, 0.25) is 0 Å². The fourth-order valence-electron chi connectivity index (χ4n) is 2.83. The molecule has 0 radical (unpaired) electrons. The molecule has 2 heterocycles. The standard InChI is InChI=1S/C21H26N4O4/c1-2-28-20-14-17(15-23-24-21(26)18-4-3-7-22-16-18)5-6-19(20)29-13-10-25-8-11-27-12-9-25/h3-7,14-16H,2,8-13H2,1H3,(H,24,26)/b23-15-. The van der Waals surface area contributed by atoms with Crippen LogP contribution in [0.3, 0.4) is 0 Å². The number of morpholine rings is 1. The van der Waals surface area contributed by atoms with Crippen molar-refractivity contribution in [2.75, 3.05) is 46.1 Å². The van der Waals surface area contributed by atoms with Gasteiger partial charge in [0.1, 0.15) is 6.61 Å². The lowest BCUT2D eigenvalue weighted by molar-refractivity contribution is 0.0321. The molecule has 0 unspecified atom stereocenters. The van der Waals surface area contributed by atoms with Gasteiger partial charge in [-0.25, -0.2) is 5.43 Å². The number of rotatable bonds is 9. The number of hydrogen-bond acceptors (Lipinski definition) is 7. The smallest absolute Gasteiger partial charge is 0.272 e. The highest BCUT2D eigenvalue weighted by molar-refractivity contribution is 5.94. The van der Waals surface area contributed by atoms with Crippen LogP contribution in [0.15, 0.2) is 47.8 Å². The SMILES string of the molecule is CCOc1cc(/C=N\NC(=O)c2cccnc2)ccc1OCCN1CCOCC1. The molecule has 1 saturated heterocycles. The summed E-state index contributed by atoms with van der Waals surface area (Å²) in [4.78, 5) is 18.2. The van der Waals surface area contributed by atoms with Gasteiger partial charge in [0.25, 0.3) is 5.91 Å². The predicted molar refractivity (Wildman–Crippen MR) is 110 cm³/mol. The summed E-state index contributed by atoms with van der Waals surface area (Å²) in [5, 5.41) is 4.00. The molecule has 1 fully saturated rings. The van der Waals surface area contributed by atoms with E-state index in [0.29, 0.717) is 30.3 Å². The van der Waals surface area contributed by atoms with Gasteiger partial charge in [0.05, 0.1) is 31.6 Å². The molecule has 1 aliphatic rings. The summed E-state index contributed by atoms with van der Waals surface area (Å²) in [6.45, 7) is 7.28. The second kappa shape index (κ2) is 11.1. The molecule has 0 bridgehead atoms. The van der Waals surface area contributed by atoms with E-state index in [1.165, 1.54) is 6.20 Å². The number of aromatic nitrogens is 1. The van der Waals surface area contributed by atoms with Gasteiger partial charge in [-0.05, 0) is 42.8 Å². The molecule has 0 saturated carbocycles. The number of carbonyl (C=O) groups is 1. The van der Waals surface area contributed by atoms with Crippen molar-refractivity contribution >= 4 is 12.1 Å². The van der Waals surface area contributed by atoms with Crippen LogP contribution < -0.4 is 14.9 Å². The summed E-state index contributed by atoms with van der Waals surface area (Å²) in [6, 6.07) is 8.94. The summed E-state index contributed by atoms with van der Waals surface area (Å²) in [5.74, 6) is 1.02. The Balaban J connectivity index is 1.55. The van der Waals surface area contributed by atoms with Gasteiger partial charge >= 0.3 is 0 Å². The first-order valence-electron chi connectivity index (χ1n) is 9.69. The van der Waals surface area contributed by atoms with Gasteiger partial charge in [0.2, 0.25) is 0 Å². The number of amides is 1. The van der Waals surface area contributed by atoms with Crippen LogP contribution in [0.1, 0.15) is 22.8 Å². The van der Waals surface area contributed by atoms with Gasteiger partial charge in [-0.15, -0.1) is 0 Å². The van der Waals surface area contributed by atoms with E-state index < -0.39 is 0 Å². The fourth-order valence-corrected chi connectivity index (χ4v) is 2.83. The summed E-state index contributed by atoms with van der Waals surface area (Å²) >= 11 is 0. The molecule has 0 atom stereocenters. The summed E-state index contributed by atoms with van der Waals surface area (Å²) in [5.41, 5.74) is 3.73. The molecule has 1 N–H and O–H groups in total. The number of ether oxygens (including phenoxy) is 3. The molecular weight excluding hydrogens is 372 g/mol. The number of nitrogens with zero attached hydrogens (tertiary/aromatic N) is 3. The fraction of sp³-hybridized carbons (Fsp3) is 0.381. The molecule has 154 valence electrons. The van der Waals surface area contributed by atoms with E-state index in [1.807, 2.05) is 25.1 Å². The third kappa shape index (κ3) is 6.55. The number of hydrazone groups is 1. The largest absolute Gasteiger partial charge is 0.490 e. The van der Waals surface area contributed by atoms with E-state index in [4.69, 9.17) is 14.2 Å². The molecule has 1 aromatic heterocycles. The van der Waals surface area contributed by atoms with Crippen molar-refractivity contribution in [1.82, 2.24) is 15.3 Å². The molecule has 0 aliphatic carbocycles. The van der Waals surface area contributed by atoms with Crippen LogP contribution >= 0.6 is 0 Å². The lowest BCUT2D eigenvalue weighted by Gasteiger charge is -2.26. The van der Waals surface area contributed by atoms with Gasteiger partial charge in [-0.1, -0.05) is 0 Å². The van der Waals surface area contributed by atoms with Crippen LogP contribution in [0.25, 0.3) is 0 Å². The quantitative estimate of drug-likeness (QED) is 0.513. The van der Waals surface area contributed by atoms with Gasteiger partial charge in [0.15, 0.2) is 11.5 Å². The first-order valence-corrected chi connectivity index (χ1v) is 9.69. The Labute approximate surface area is 170 Å². The third-order valence-corrected chi connectivity index (χ3v) is 4.34. The van der Waals surface area contributed by atoms with E-state index in [0.717, 1.165) is 38.4 Å². The molecule has 3 rings (SSSR count). The summed E-state index contributed by atoms with van der Waals surface area (Å²) in [6.07, 6.45) is 4.66. The molecule has 1 amide bonds. The Morgan fingerprint density at radius 1 is 1.28 bits per heavy atom. The van der Waals surface area contributed by atoms with Crippen molar-refractivity contribution in [2.24, 2.45) is 5.10 Å². The van der Waals surface area contributed by atoms with Crippen molar-refractivity contribution in [3.05, 3.63) is 53.9 Å². The van der Waals surface area contributed by atoms with E-state index in [-0.39, 0.29) is 5.91 Å². The maximum atomic E-state index is 12.0. The minimum absolute atomic E-state index is 0.317. The van der Waals surface area contributed by atoms with Crippen LogP contribution in [-0.2, 0) is 4.74 Å². The second-order valence-electron chi connectivity index (χ2n) is 6.38. The normalized spacial score (nSPS) is 14.7. The molecule has 0 spiro atoms. The van der Waals surface area contributed by atoms with Crippen molar-refractivity contribution in [3.63, 3.8) is 0 Å². The van der Waals surface area contributed by atoms with Crippen molar-refractivity contribution in [2.45, 2.75) is 6.92 Å². The first-order chi connectivity index (χ1) is 14.3. The Kier molecular flexibility index (Phi) is 7.97. The monoisotopic (exact) mass is 398 g/mol. The Hall–Kier alpha value is -2.97. The number of carbonyl (C=O) groups excluding carboxylic acids is 1. The van der Waals surface area contributed by atoms with E-state index in [9.17, 15) is 4.79 Å². The van der Waals surface area contributed by atoms with Crippen molar-refractivity contribution in [1.29, 1.82) is 0 Å². The number of nitrogens with one attached hydrogen (secondary N) is 1. The summed E-state index contributed by atoms with van der Waals surface area (Å²) in [7, 11) is 0. The zero-order valence-corrected chi connectivity index (χ0v) is 16.5. The molecule has 8 nitrogen and oxygen atoms in total. The minimum Gasteiger partial charge on any atom is -0.490 e. The minimum atomic E-state index is -0.317. The average molecular weight is 398 g/mol. The zero-order valence-electron chi connectivity index (χ0n) is 16.5. The zero-order chi connectivity index (χ0) is 20.3. The highest BCUT2D eigenvalue weighted by Crippen LogP contribution is 2.28. The maximum Gasteiger partial charge on any atom is 0.272 e.